The Morgan fingerprint density at radius 3 is 2.54 bits per heavy atom. The molecule has 0 atom stereocenters. The van der Waals surface area contributed by atoms with E-state index >= 15 is 0 Å². The van der Waals surface area contributed by atoms with Crippen LogP contribution in [0, 0.1) is 5.92 Å². The first-order valence-corrected chi connectivity index (χ1v) is 9.56. The zero-order valence-electron chi connectivity index (χ0n) is 15.6. The lowest BCUT2D eigenvalue weighted by Crippen LogP contribution is -2.16. The predicted molar refractivity (Wildman–Crippen MR) is 107 cm³/mol. The smallest absolute Gasteiger partial charge is 0.336 e. The van der Waals surface area contributed by atoms with E-state index in [1.165, 1.54) is 43.5 Å². The number of phenols is 1. The first kappa shape index (κ1) is 19.7. The maximum absolute atomic E-state index is 12.7. The second-order valence-electron chi connectivity index (χ2n) is 7.06. The standard InChI is InChI=1S/C23H24O5/c24-19-11-6-12-21(28-15-16-7-2-1-3-8-16)22(19)20(25)14-13-17-9-4-5-10-18(17)23(26)27/h4-6,9-14,16,24H,1-3,7-8,15H2,(H,26,27)/b14-13+. The van der Waals surface area contributed by atoms with Gasteiger partial charge in [-0.05, 0) is 48.6 Å². The van der Waals surface area contributed by atoms with E-state index in [0.717, 1.165) is 12.8 Å². The molecule has 28 heavy (non-hydrogen) atoms. The highest BCUT2D eigenvalue weighted by atomic mass is 16.5. The van der Waals surface area contributed by atoms with E-state index in [-0.39, 0.29) is 16.9 Å². The molecule has 1 fully saturated rings. The summed E-state index contributed by atoms with van der Waals surface area (Å²) in [6.07, 6.45) is 8.61. The van der Waals surface area contributed by atoms with Crippen LogP contribution in [-0.4, -0.2) is 28.6 Å². The molecule has 0 unspecified atom stereocenters. The van der Waals surface area contributed by atoms with Crippen LogP contribution in [0.2, 0.25) is 0 Å². The molecule has 1 aliphatic rings. The molecule has 0 saturated heterocycles. The minimum absolute atomic E-state index is 0.0994. The van der Waals surface area contributed by atoms with Gasteiger partial charge in [0.05, 0.1) is 12.2 Å². The molecule has 1 aliphatic carbocycles. The first-order valence-electron chi connectivity index (χ1n) is 9.56. The van der Waals surface area contributed by atoms with Crippen LogP contribution in [0.4, 0.5) is 0 Å². The number of aromatic hydroxyl groups is 1. The zero-order chi connectivity index (χ0) is 19.9. The SMILES string of the molecule is O=C(O)c1ccccc1/C=C/C(=O)c1c(O)cccc1OCC1CCCCC1. The molecule has 2 aromatic carbocycles. The lowest BCUT2D eigenvalue weighted by atomic mass is 9.90. The third-order valence-corrected chi connectivity index (χ3v) is 5.06. The van der Waals surface area contributed by atoms with Gasteiger partial charge in [-0.3, -0.25) is 4.79 Å². The van der Waals surface area contributed by atoms with E-state index < -0.39 is 11.8 Å². The lowest BCUT2D eigenvalue weighted by Gasteiger charge is -2.22. The predicted octanol–water partition coefficient (Wildman–Crippen LogP) is 4.95. The Bertz CT molecular complexity index is 878. The quantitative estimate of drug-likeness (QED) is 0.525. The van der Waals surface area contributed by atoms with Gasteiger partial charge >= 0.3 is 5.97 Å². The van der Waals surface area contributed by atoms with Crippen molar-refractivity contribution in [2.24, 2.45) is 5.92 Å². The molecule has 0 bridgehead atoms. The van der Waals surface area contributed by atoms with E-state index in [9.17, 15) is 19.8 Å². The van der Waals surface area contributed by atoms with Gasteiger partial charge in [0.25, 0.3) is 0 Å². The highest BCUT2D eigenvalue weighted by molar-refractivity contribution is 6.11. The van der Waals surface area contributed by atoms with Crippen molar-refractivity contribution >= 4 is 17.8 Å². The van der Waals surface area contributed by atoms with Crippen molar-refractivity contribution in [2.75, 3.05) is 6.61 Å². The molecule has 0 spiro atoms. The number of phenolic OH excluding ortho intramolecular Hbond substituents is 1. The van der Waals surface area contributed by atoms with Gasteiger partial charge < -0.3 is 14.9 Å². The summed E-state index contributed by atoms with van der Waals surface area (Å²) in [7, 11) is 0. The van der Waals surface area contributed by atoms with Gasteiger partial charge in [0.2, 0.25) is 0 Å². The number of carbonyl (C=O) groups excluding carboxylic acids is 1. The Labute approximate surface area is 164 Å². The number of carboxylic acid groups (broad SMARTS) is 1. The summed E-state index contributed by atoms with van der Waals surface area (Å²) in [6, 6.07) is 11.2. The molecule has 1 saturated carbocycles. The fourth-order valence-corrected chi connectivity index (χ4v) is 3.53. The molecule has 0 heterocycles. The molecule has 5 heteroatoms. The van der Waals surface area contributed by atoms with Crippen molar-refractivity contribution in [3.63, 3.8) is 0 Å². The van der Waals surface area contributed by atoms with Crippen LogP contribution in [0.15, 0.2) is 48.5 Å². The number of carboxylic acids is 1. The number of benzene rings is 2. The molecular formula is C23H24O5. The molecule has 0 aliphatic heterocycles. The van der Waals surface area contributed by atoms with Crippen molar-refractivity contribution in [1.82, 2.24) is 0 Å². The summed E-state index contributed by atoms with van der Waals surface area (Å²) < 4.78 is 5.88. The molecule has 0 radical (unpaired) electrons. The van der Waals surface area contributed by atoms with E-state index in [2.05, 4.69) is 0 Å². The maximum Gasteiger partial charge on any atom is 0.336 e. The monoisotopic (exact) mass is 380 g/mol. The summed E-state index contributed by atoms with van der Waals surface area (Å²) in [6.45, 7) is 0.523. The van der Waals surface area contributed by atoms with Crippen LogP contribution in [0.25, 0.3) is 6.08 Å². The molecule has 2 N–H and O–H groups in total. The zero-order valence-corrected chi connectivity index (χ0v) is 15.6. The number of hydrogen-bond donors (Lipinski definition) is 2. The van der Waals surface area contributed by atoms with Gasteiger partial charge in [0.1, 0.15) is 17.1 Å². The van der Waals surface area contributed by atoms with Crippen LogP contribution in [0.5, 0.6) is 11.5 Å². The number of rotatable bonds is 7. The van der Waals surface area contributed by atoms with Crippen LogP contribution in [0.1, 0.15) is 58.4 Å². The molecule has 3 rings (SSSR count). The van der Waals surface area contributed by atoms with E-state index in [1.54, 1.807) is 30.3 Å². The van der Waals surface area contributed by atoms with Crippen molar-refractivity contribution in [3.05, 3.63) is 65.2 Å². The highest BCUT2D eigenvalue weighted by Gasteiger charge is 2.19. The Kier molecular flexibility index (Phi) is 6.48. The third-order valence-electron chi connectivity index (χ3n) is 5.06. The Morgan fingerprint density at radius 2 is 1.79 bits per heavy atom. The number of hydrogen-bond acceptors (Lipinski definition) is 4. The fraction of sp³-hybridized carbons (Fsp3) is 0.304. The van der Waals surface area contributed by atoms with Crippen molar-refractivity contribution in [2.45, 2.75) is 32.1 Å². The second kappa shape index (κ2) is 9.22. The van der Waals surface area contributed by atoms with Crippen LogP contribution < -0.4 is 4.74 Å². The Morgan fingerprint density at radius 1 is 1.04 bits per heavy atom. The van der Waals surface area contributed by atoms with Crippen LogP contribution in [0.3, 0.4) is 0 Å². The van der Waals surface area contributed by atoms with Gasteiger partial charge in [0.15, 0.2) is 5.78 Å². The van der Waals surface area contributed by atoms with E-state index in [1.807, 2.05) is 0 Å². The Hall–Kier alpha value is -3.08. The molecule has 5 nitrogen and oxygen atoms in total. The number of allylic oxidation sites excluding steroid dienone is 1. The molecule has 0 aromatic heterocycles. The molecule has 146 valence electrons. The minimum atomic E-state index is -1.06. The van der Waals surface area contributed by atoms with Gasteiger partial charge in [-0.15, -0.1) is 0 Å². The minimum Gasteiger partial charge on any atom is -0.507 e. The average Bonchev–Trinajstić information content (AvgIpc) is 2.71. The summed E-state index contributed by atoms with van der Waals surface area (Å²) in [5, 5.41) is 19.5. The highest BCUT2D eigenvalue weighted by Crippen LogP contribution is 2.31. The van der Waals surface area contributed by atoms with E-state index in [0.29, 0.717) is 23.8 Å². The summed E-state index contributed by atoms with van der Waals surface area (Å²) in [5.74, 6) is -0.824. The number of ketones is 1. The van der Waals surface area contributed by atoms with Crippen molar-refractivity contribution in [3.8, 4) is 11.5 Å². The molecule has 0 amide bonds. The number of ether oxygens (including phenoxy) is 1. The average molecular weight is 380 g/mol. The maximum atomic E-state index is 12.7. The van der Waals surface area contributed by atoms with Gasteiger partial charge in [-0.25, -0.2) is 4.79 Å². The van der Waals surface area contributed by atoms with Gasteiger partial charge in [0, 0.05) is 0 Å². The van der Waals surface area contributed by atoms with Crippen molar-refractivity contribution < 1.29 is 24.5 Å². The van der Waals surface area contributed by atoms with E-state index in [4.69, 9.17) is 4.74 Å². The summed E-state index contributed by atoms with van der Waals surface area (Å²) in [4.78, 5) is 24.0. The largest absolute Gasteiger partial charge is 0.507 e. The van der Waals surface area contributed by atoms with Crippen LogP contribution in [-0.2, 0) is 0 Å². The molecular weight excluding hydrogens is 356 g/mol. The third kappa shape index (κ3) is 4.80. The molecule has 2 aromatic rings. The lowest BCUT2D eigenvalue weighted by molar-refractivity contribution is 0.0696. The topological polar surface area (TPSA) is 83.8 Å². The van der Waals surface area contributed by atoms with Crippen LogP contribution >= 0.6 is 0 Å². The van der Waals surface area contributed by atoms with Gasteiger partial charge in [-0.2, -0.15) is 0 Å². The first-order chi connectivity index (χ1) is 13.6. The number of carbonyl (C=O) groups is 2. The normalized spacial score (nSPS) is 14.9. The van der Waals surface area contributed by atoms with Gasteiger partial charge in [-0.1, -0.05) is 49.6 Å². The number of aromatic carboxylic acids is 1. The fourth-order valence-electron chi connectivity index (χ4n) is 3.53. The van der Waals surface area contributed by atoms with Crippen molar-refractivity contribution in [1.29, 1.82) is 0 Å². The second-order valence-corrected chi connectivity index (χ2v) is 7.06. The summed E-state index contributed by atoms with van der Waals surface area (Å²) in [5.41, 5.74) is 0.628. The summed E-state index contributed by atoms with van der Waals surface area (Å²) >= 11 is 0. The Balaban J connectivity index is 1.78.